The van der Waals surface area contributed by atoms with Crippen molar-refractivity contribution in [3.8, 4) is 0 Å². The zero-order valence-corrected chi connectivity index (χ0v) is 26.0. The molecule has 0 radical (unpaired) electrons. The lowest BCUT2D eigenvalue weighted by atomic mass is 9.50. The van der Waals surface area contributed by atoms with E-state index in [9.17, 15) is 14.4 Å². The van der Waals surface area contributed by atoms with Crippen molar-refractivity contribution in [2.45, 2.75) is 109 Å². The largest absolute Gasteiger partial charge is 0.451 e. The van der Waals surface area contributed by atoms with Crippen LogP contribution in [0.4, 0.5) is 5.69 Å². The molecular formula is C36H49NO5. The predicted octanol–water partition coefficient (Wildman–Crippen LogP) is 6.86. The molecule has 0 aliphatic heterocycles. The fraction of sp³-hybridized carbons (Fsp3) is 0.639. The third-order valence-corrected chi connectivity index (χ3v) is 11.1. The van der Waals surface area contributed by atoms with Crippen molar-refractivity contribution in [1.82, 2.24) is 0 Å². The number of anilines is 1. The number of esters is 1. The topological polar surface area (TPSA) is 83.9 Å². The van der Waals surface area contributed by atoms with Crippen LogP contribution in [0.3, 0.4) is 0 Å². The first-order chi connectivity index (χ1) is 20.1. The zero-order valence-electron chi connectivity index (χ0n) is 26.0. The van der Waals surface area contributed by atoms with Gasteiger partial charge in [-0.05, 0) is 105 Å². The van der Waals surface area contributed by atoms with Gasteiger partial charge in [0.1, 0.15) is 0 Å². The Labute approximate surface area is 251 Å². The van der Waals surface area contributed by atoms with Gasteiger partial charge in [-0.1, -0.05) is 43.9 Å². The summed E-state index contributed by atoms with van der Waals surface area (Å²) in [4.78, 5) is 40.4. The summed E-state index contributed by atoms with van der Waals surface area (Å²) in [6.45, 7) is 6.51. The van der Waals surface area contributed by atoms with Gasteiger partial charge in [-0.25, -0.2) is 0 Å². The molecule has 0 heterocycles. The third kappa shape index (κ3) is 5.52. The molecule has 0 aromatic heterocycles. The Morgan fingerprint density at radius 1 is 1.00 bits per heavy atom. The van der Waals surface area contributed by atoms with Gasteiger partial charge in [0, 0.05) is 50.6 Å². The molecule has 1 N–H and O–H groups in total. The van der Waals surface area contributed by atoms with Gasteiger partial charge in [-0.15, -0.1) is 0 Å². The number of nitrogens with zero attached hydrogens (tertiary/aromatic N) is 1. The molecule has 5 rings (SSSR count). The van der Waals surface area contributed by atoms with Crippen LogP contribution in [0, 0.1) is 17.3 Å². The lowest BCUT2D eigenvalue weighted by molar-refractivity contribution is -0.182. The molecule has 5 atom stereocenters. The van der Waals surface area contributed by atoms with E-state index in [0.29, 0.717) is 18.8 Å². The van der Waals surface area contributed by atoms with Crippen LogP contribution in [0.15, 0.2) is 47.1 Å². The molecule has 6 heteroatoms. The van der Waals surface area contributed by atoms with Gasteiger partial charge in [-0.3, -0.25) is 14.4 Å². The molecule has 4 aliphatic carbocycles. The number of carbonyl (C=O) groups excluding carboxylic acids is 3. The summed E-state index contributed by atoms with van der Waals surface area (Å²) in [5, 5.41) is 8.99. The minimum absolute atomic E-state index is 0.0365. The number of hydrogen-bond donors (Lipinski definition) is 1. The molecule has 4 aliphatic rings. The second-order valence-corrected chi connectivity index (χ2v) is 13.5. The van der Waals surface area contributed by atoms with Crippen LogP contribution in [0.25, 0.3) is 0 Å². The molecule has 0 amide bonds. The van der Waals surface area contributed by atoms with E-state index in [1.54, 1.807) is 6.92 Å². The van der Waals surface area contributed by atoms with Gasteiger partial charge in [0.05, 0.1) is 0 Å². The Balaban J connectivity index is 1.48. The van der Waals surface area contributed by atoms with E-state index in [4.69, 9.17) is 9.84 Å². The molecule has 1 aromatic carbocycles. The van der Waals surface area contributed by atoms with Gasteiger partial charge in [0.25, 0.3) is 0 Å². The van der Waals surface area contributed by atoms with E-state index in [1.807, 2.05) is 6.08 Å². The zero-order chi connectivity index (χ0) is 30.1. The molecule has 0 spiro atoms. The first-order valence-electron chi connectivity index (χ1n) is 16.2. The molecule has 6 nitrogen and oxygen atoms in total. The van der Waals surface area contributed by atoms with Crippen molar-refractivity contribution in [3.63, 3.8) is 0 Å². The summed E-state index contributed by atoms with van der Waals surface area (Å²) in [5.41, 5.74) is 4.97. The minimum atomic E-state index is -1.09. The van der Waals surface area contributed by atoms with Crippen LogP contribution in [0.2, 0.25) is 0 Å². The molecule has 1 aromatic rings. The quantitative estimate of drug-likeness (QED) is 0.229. The second-order valence-electron chi connectivity index (χ2n) is 13.5. The second kappa shape index (κ2) is 12.5. The number of hydrogen-bond acceptors (Lipinski definition) is 6. The number of benzene rings is 1. The number of rotatable bonds is 11. The first kappa shape index (κ1) is 30.7. The van der Waals surface area contributed by atoms with Crippen LogP contribution < -0.4 is 4.90 Å². The molecule has 228 valence electrons. The van der Waals surface area contributed by atoms with Crippen LogP contribution in [-0.2, 0) is 19.1 Å². The van der Waals surface area contributed by atoms with Crippen LogP contribution >= 0.6 is 0 Å². The van der Waals surface area contributed by atoms with Crippen LogP contribution in [0.5, 0.6) is 0 Å². The van der Waals surface area contributed by atoms with Gasteiger partial charge in [0.2, 0.25) is 0 Å². The van der Waals surface area contributed by atoms with Gasteiger partial charge >= 0.3 is 5.97 Å². The molecule has 0 saturated heterocycles. The lowest BCUT2D eigenvalue weighted by Crippen LogP contribution is -2.57. The Morgan fingerprint density at radius 3 is 2.40 bits per heavy atom. The van der Waals surface area contributed by atoms with Crippen molar-refractivity contribution in [3.05, 3.63) is 52.6 Å². The summed E-state index contributed by atoms with van der Waals surface area (Å²) in [6, 6.07) is 8.96. The highest BCUT2D eigenvalue weighted by atomic mass is 16.6. The number of unbranched alkanes of at least 4 members (excludes halogenated alkanes) is 4. The van der Waals surface area contributed by atoms with Crippen molar-refractivity contribution in [2.75, 3.05) is 25.1 Å². The third-order valence-electron chi connectivity index (χ3n) is 11.1. The van der Waals surface area contributed by atoms with Crippen molar-refractivity contribution >= 4 is 23.2 Å². The summed E-state index contributed by atoms with van der Waals surface area (Å²) in [5.74, 6) is 0.512. The Morgan fingerprint density at radius 2 is 1.71 bits per heavy atom. The van der Waals surface area contributed by atoms with E-state index in [-0.39, 0.29) is 36.0 Å². The van der Waals surface area contributed by atoms with E-state index in [2.05, 4.69) is 43.1 Å². The monoisotopic (exact) mass is 575 g/mol. The summed E-state index contributed by atoms with van der Waals surface area (Å²) < 4.78 is 6.06. The smallest absolute Gasteiger partial charge is 0.303 e. The summed E-state index contributed by atoms with van der Waals surface area (Å²) >= 11 is 0. The van der Waals surface area contributed by atoms with Crippen LogP contribution in [-0.4, -0.2) is 48.4 Å². The lowest BCUT2D eigenvalue weighted by Gasteiger charge is -2.55. The maximum Gasteiger partial charge on any atom is 0.303 e. The minimum Gasteiger partial charge on any atom is -0.451 e. The Kier molecular flexibility index (Phi) is 9.13. The maximum absolute atomic E-state index is 13.4. The number of allylic oxidation sites excluding steroid dienone is 4. The molecule has 42 heavy (non-hydrogen) atoms. The van der Waals surface area contributed by atoms with Gasteiger partial charge in [-0.2, -0.15) is 0 Å². The number of ether oxygens (including phenoxy) is 1. The predicted molar refractivity (Wildman–Crippen MR) is 165 cm³/mol. The highest BCUT2D eigenvalue weighted by Crippen LogP contribution is 2.67. The maximum atomic E-state index is 13.4. The summed E-state index contributed by atoms with van der Waals surface area (Å²) in [7, 11) is 2.14. The van der Waals surface area contributed by atoms with Crippen molar-refractivity contribution in [2.24, 2.45) is 17.3 Å². The van der Waals surface area contributed by atoms with E-state index >= 15 is 0 Å². The van der Waals surface area contributed by atoms with E-state index in [0.717, 1.165) is 64.3 Å². The molecular weight excluding hydrogens is 526 g/mol. The number of ketones is 2. The van der Waals surface area contributed by atoms with Crippen molar-refractivity contribution in [1.29, 1.82) is 0 Å². The molecule has 2 saturated carbocycles. The van der Waals surface area contributed by atoms with Gasteiger partial charge < -0.3 is 14.7 Å². The number of aliphatic hydroxyl groups excluding tert-OH is 1. The fourth-order valence-electron chi connectivity index (χ4n) is 9.09. The standard InChI is InChI=1S/C36H49NO5/c1-24(39)36(42-25(2)40)19-18-33-31-16-12-27-22-29(41)15-17-30(27)34(31)32(23-35(33,36)3)26-10-13-28(14-11-26)37(4)20-8-6-5-7-9-21-38/h10-11,13-14,22,31-33,38H,5-9,12,15-21,23H2,1-4H3/t31-,32+,33-,35-,36-/m0/s1. The fourth-order valence-corrected chi connectivity index (χ4v) is 9.09. The molecule has 2 fully saturated rings. The first-order valence-corrected chi connectivity index (χ1v) is 16.2. The Bertz CT molecular complexity index is 1260. The number of carbonyl (C=O) groups is 3. The highest BCUT2D eigenvalue weighted by Gasteiger charge is 2.67. The SMILES string of the molecule is CC(=O)O[C@]1(C(C)=O)CC[C@H]2[C@@H]3CCC4=CC(=O)CCC4=C3[C@@H](c3ccc(N(C)CCCCCCCO)cc3)C[C@@]21C. The number of fused-ring (bicyclic) bond motifs is 4. The number of aliphatic hydroxyl groups is 1. The molecule has 0 unspecified atom stereocenters. The Hall–Kier alpha value is -2.73. The summed E-state index contributed by atoms with van der Waals surface area (Å²) in [6.07, 6.45) is 12.8. The molecule has 0 bridgehead atoms. The average Bonchev–Trinajstić information content (AvgIpc) is 3.26. The van der Waals surface area contributed by atoms with Gasteiger partial charge in [0.15, 0.2) is 17.2 Å². The average molecular weight is 576 g/mol. The van der Waals surface area contributed by atoms with E-state index < -0.39 is 11.0 Å². The highest BCUT2D eigenvalue weighted by molar-refractivity contribution is 5.93. The van der Waals surface area contributed by atoms with Crippen molar-refractivity contribution < 1.29 is 24.2 Å². The number of Topliss-reactive ketones (excluding diaryl/α,β-unsaturated/α-hetero) is 1. The van der Waals surface area contributed by atoms with Crippen LogP contribution in [0.1, 0.15) is 109 Å². The van der Waals surface area contributed by atoms with E-state index in [1.165, 1.54) is 41.3 Å². The normalized spacial score (nSPS) is 30.3.